The highest BCUT2D eigenvalue weighted by atomic mass is 79.9. The van der Waals surface area contributed by atoms with Crippen LogP contribution >= 0.6 is 15.9 Å². The van der Waals surface area contributed by atoms with Crippen molar-refractivity contribution >= 4 is 15.9 Å². The summed E-state index contributed by atoms with van der Waals surface area (Å²) in [5.41, 5.74) is 1.47. The van der Waals surface area contributed by atoms with Gasteiger partial charge in [-0.1, -0.05) is 53.7 Å². The highest BCUT2D eigenvalue weighted by Crippen LogP contribution is 2.61. The van der Waals surface area contributed by atoms with E-state index in [2.05, 4.69) is 40.2 Å². The smallest absolute Gasteiger partial charge is 0.0833 e. The summed E-state index contributed by atoms with van der Waals surface area (Å²) in [7, 11) is 0. The van der Waals surface area contributed by atoms with Crippen LogP contribution in [0.1, 0.15) is 56.9 Å². The van der Waals surface area contributed by atoms with Crippen molar-refractivity contribution in [3.05, 3.63) is 34.3 Å². The molecule has 1 aromatic rings. The van der Waals surface area contributed by atoms with Crippen molar-refractivity contribution in [1.29, 1.82) is 5.26 Å². The molecule has 2 aliphatic carbocycles. The lowest BCUT2D eigenvalue weighted by Crippen LogP contribution is -2.48. The van der Waals surface area contributed by atoms with Gasteiger partial charge in [-0.05, 0) is 48.8 Å². The van der Waals surface area contributed by atoms with Gasteiger partial charge in [0.15, 0.2) is 0 Å². The van der Waals surface area contributed by atoms with Gasteiger partial charge in [-0.2, -0.15) is 5.26 Å². The molecule has 100 valence electrons. The van der Waals surface area contributed by atoms with E-state index in [4.69, 9.17) is 0 Å². The van der Waals surface area contributed by atoms with E-state index in [-0.39, 0.29) is 5.41 Å². The third-order valence-electron chi connectivity index (χ3n) is 5.11. The Morgan fingerprint density at radius 1 is 1.05 bits per heavy atom. The van der Waals surface area contributed by atoms with Crippen molar-refractivity contribution in [2.24, 2.45) is 5.41 Å². The van der Waals surface area contributed by atoms with Gasteiger partial charge >= 0.3 is 0 Å². The van der Waals surface area contributed by atoms with Gasteiger partial charge in [-0.25, -0.2) is 0 Å². The number of hydrogen-bond acceptors (Lipinski definition) is 1. The molecule has 1 spiro atoms. The number of nitrogens with zero attached hydrogens (tertiary/aromatic N) is 1. The summed E-state index contributed by atoms with van der Waals surface area (Å²) in [6, 6.07) is 11.0. The van der Waals surface area contributed by atoms with Crippen molar-refractivity contribution in [3.8, 4) is 6.07 Å². The summed E-state index contributed by atoms with van der Waals surface area (Å²) in [5, 5.41) is 9.70. The van der Waals surface area contributed by atoms with Crippen LogP contribution in [-0.4, -0.2) is 0 Å². The van der Waals surface area contributed by atoms with Gasteiger partial charge in [-0.15, -0.1) is 0 Å². The van der Waals surface area contributed by atoms with Crippen LogP contribution in [0, 0.1) is 16.7 Å². The second-order valence-corrected chi connectivity index (χ2v) is 7.39. The minimum Gasteiger partial charge on any atom is -0.197 e. The molecule has 2 heteroatoms. The molecule has 0 radical (unpaired) electrons. The fraction of sp³-hybridized carbons (Fsp3) is 0.588. The zero-order chi connectivity index (χ0) is 13.3. The maximum atomic E-state index is 9.70. The predicted octanol–water partition coefficient (Wildman–Crippen LogP) is 5.34. The number of hydrogen-bond donors (Lipinski definition) is 0. The third-order valence-corrected chi connectivity index (χ3v) is 5.60. The second-order valence-electron chi connectivity index (χ2n) is 6.47. The zero-order valence-corrected chi connectivity index (χ0v) is 12.9. The summed E-state index contributed by atoms with van der Waals surface area (Å²) < 4.78 is 1.08. The van der Waals surface area contributed by atoms with Gasteiger partial charge in [0.2, 0.25) is 0 Å². The molecule has 0 N–H and O–H groups in total. The molecule has 3 rings (SSSR count). The molecule has 1 nitrogen and oxygen atoms in total. The molecule has 0 atom stereocenters. The quantitative estimate of drug-likeness (QED) is 0.685. The standard InChI is InChI=1S/C17H20BrN/c18-15-7-5-6-14(10-15)17(13-19)11-16(12-17)8-3-1-2-4-9-16/h5-7,10H,1-4,8-9,11-12H2. The molecule has 2 fully saturated rings. The zero-order valence-electron chi connectivity index (χ0n) is 11.3. The fourth-order valence-corrected chi connectivity index (χ4v) is 4.59. The van der Waals surface area contributed by atoms with Crippen molar-refractivity contribution in [1.82, 2.24) is 0 Å². The first-order chi connectivity index (χ1) is 9.18. The lowest BCUT2D eigenvalue weighted by atomic mass is 9.49. The number of rotatable bonds is 1. The monoisotopic (exact) mass is 317 g/mol. The largest absolute Gasteiger partial charge is 0.197 e. The van der Waals surface area contributed by atoms with Crippen molar-refractivity contribution in [2.75, 3.05) is 0 Å². The lowest BCUT2D eigenvalue weighted by molar-refractivity contribution is 0.0398. The maximum absolute atomic E-state index is 9.70. The van der Waals surface area contributed by atoms with Gasteiger partial charge in [0, 0.05) is 4.47 Å². The Labute approximate surface area is 124 Å². The minimum absolute atomic E-state index is 0.214. The summed E-state index contributed by atoms with van der Waals surface area (Å²) in [4.78, 5) is 0. The Morgan fingerprint density at radius 3 is 2.32 bits per heavy atom. The van der Waals surface area contributed by atoms with E-state index in [1.54, 1.807) is 0 Å². The van der Waals surface area contributed by atoms with E-state index in [0.29, 0.717) is 5.41 Å². The van der Waals surface area contributed by atoms with E-state index in [9.17, 15) is 5.26 Å². The van der Waals surface area contributed by atoms with Gasteiger partial charge < -0.3 is 0 Å². The Morgan fingerprint density at radius 2 is 1.74 bits per heavy atom. The minimum atomic E-state index is -0.214. The molecular weight excluding hydrogens is 298 g/mol. The van der Waals surface area contributed by atoms with E-state index >= 15 is 0 Å². The van der Waals surface area contributed by atoms with Crippen molar-refractivity contribution in [3.63, 3.8) is 0 Å². The molecule has 0 aliphatic heterocycles. The van der Waals surface area contributed by atoms with Gasteiger partial charge in [0.05, 0.1) is 11.5 Å². The molecule has 1 aromatic carbocycles. The van der Waals surface area contributed by atoms with Crippen molar-refractivity contribution in [2.45, 2.75) is 56.8 Å². The van der Waals surface area contributed by atoms with E-state index in [1.807, 2.05) is 6.07 Å². The van der Waals surface area contributed by atoms with Crippen LogP contribution in [0.4, 0.5) is 0 Å². The molecular formula is C17H20BrN. The number of halogens is 1. The van der Waals surface area contributed by atoms with Crippen LogP contribution in [0.25, 0.3) is 0 Å². The second kappa shape index (κ2) is 4.94. The third kappa shape index (κ3) is 2.34. The summed E-state index contributed by atoms with van der Waals surface area (Å²) >= 11 is 3.53. The van der Waals surface area contributed by atoms with Crippen LogP contribution in [-0.2, 0) is 5.41 Å². The maximum Gasteiger partial charge on any atom is 0.0833 e. The van der Waals surface area contributed by atoms with Crippen LogP contribution in [0.5, 0.6) is 0 Å². The molecule has 0 amide bonds. The normalized spacial score (nSPS) is 24.2. The predicted molar refractivity (Wildman–Crippen MR) is 80.8 cm³/mol. The number of benzene rings is 1. The van der Waals surface area contributed by atoms with Gasteiger partial charge in [0.1, 0.15) is 0 Å². The molecule has 0 aromatic heterocycles. The highest BCUT2D eigenvalue weighted by molar-refractivity contribution is 9.10. The molecule has 0 bridgehead atoms. The first-order valence-electron chi connectivity index (χ1n) is 7.36. The molecule has 19 heavy (non-hydrogen) atoms. The molecule has 2 saturated carbocycles. The summed E-state index contributed by atoms with van der Waals surface area (Å²) in [6.07, 6.45) is 10.3. The molecule has 0 saturated heterocycles. The van der Waals surface area contributed by atoms with E-state index < -0.39 is 0 Å². The highest BCUT2D eigenvalue weighted by Gasteiger charge is 2.55. The number of nitriles is 1. The Bertz CT molecular complexity index is 498. The average molecular weight is 318 g/mol. The van der Waals surface area contributed by atoms with Crippen LogP contribution in [0.3, 0.4) is 0 Å². The summed E-state index contributed by atoms with van der Waals surface area (Å²) in [5.74, 6) is 0. The summed E-state index contributed by atoms with van der Waals surface area (Å²) in [6.45, 7) is 0. The Hall–Kier alpha value is -0.810. The molecule has 0 heterocycles. The SMILES string of the molecule is N#CC1(c2cccc(Br)c2)CC2(CCCCCC2)C1. The fourth-order valence-electron chi connectivity index (χ4n) is 4.19. The van der Waals surface area contributed by atoms with Crippen LogP contribution in [0.2, 0.25) is 0 Å². The topological polar surface area (TPSA) is 23.8 Å². The first kappa shape index (κ1) is 13.2. The molecule has 0 unspecified atom stereocenters. The first-order valence-corrected chi connectivity index (χ1v) is 8.15. The van der Waals surface area contributed by atoms with E-state index in [1.165, 1.54) is 44.1 Å². The Balaban J connectivity index is 1.83. The lowest BCUT2D eigenvalue weighted by Gasteiger charge is -2.53. The van der Waals surface area contributed by atoms with Crippen LogP contribution < -0.4 is 0 Å². The molecule has 2 aliphatic rings. The Kier molecular flexibility index (Phi) is 3.43. The van der Waals surface area contributed by atoms with Crippen LogP contribution in [0.15, 0.2) is 28.7 Å². The van der Waals surface area contributed by atoms with Crippen molar-refractivity contribution < 1.29 is 0 Å². The van der Waals surface area contributed by atoms with Gasteiger partial charge in [-0.3, -0.25) is 0 Å². The average Bonchev–Trinajstić information content (AvgIpc) is 2.62. The van der Waals surface area contributed by atoms with Gasteiger partial charge in [0.25, 0.3) is 0 Å². The van der Waals surface area contributed by atoms with E-state index in [0.717, 1.165) is 17.3 Å².